The largest absolute Gasteiger partial charge is 0.480 e. The molecule has 2 N–H and O–H groups in total. The topological polar surface area (TPSA) is 49.3 Å². The number of aliphatic carboxylic acids is 1. The maximum Gasteiger partial charge on any atom is 0.320 e. The summed E-state index contributed by atoms with van der Waals surface area (Å²) in [6.07, 6.45) is 6.23. The summed E-state index contributed by atoms with van der Waals surface area (Å²) in [5, 5.41) is 12.2. The van der Waals surface area contributed by atoms with Gasteiger partial charge in [-0.15, -0.1) is 6.58 Å². The number of rotatable bonds is 9. The first-order valence-corrected chi connectivity index (χ1v) is 6.08. The molecular formula is C13H25NO2. The highest BCUT2D eigenvalue weighted by molar-refractivity contribution is 5.73. The van der Waals surface area contributed by atoms with Crippen LogP contribution in [0.5, 0.6) is 0 Å². The minimum Gasteiger partial charge on any atom is -0.480 e. The van der Waals surface area contributed by atoms with E-state index in [9.17, 15) is 4.79 Å². The zero-order valence-corrected chi connectivity index (χ0v) is 10.7. The monoisotopic (exact) mass is 227 g/mol. The number of unbranched alkanes of at least 4 members (excludes halogenated alkanes) is 2. The molecule has 0 fully saturated rings. The molecular weight excluding hydrogens is 202 g/mol. The van der Waals surface area contributed by atoms with Gasteiger partial charge in [0.15, 0.2) is 0 Å². The second-order valence-electron chi connectivity index (χ2n) is 4.70. The standard InChI is InChI=1S/C13H25NO2/c1-5-6-7-8-9-11(4)14-12(10(2)3)13(15)16/h5,10-12,14H,1,6-9H2,2-4H3,(H,15,16)/t11?,12-/m0/s1. The molecule has 3 nitrogen and oxygen atoms in total. The number of hydrogen-bond donors (Lipinski definition) is 2. The highest BCUT2D eigenvalue weighted by atomic mass is 16.4. The normalized spacial score (nSPS) is 14.8. The quantitative estimate of drug-likeness (QED) is 0.470. The van der Waals surface area contributed by atoms with E-state index < -0.39 is 12.0 Å². The molecule has 0 saturated heterocycles. The Morgan fingerprint density at radius 1 is 1.38 bits per heavy atom. The molecule has 94 valence electrons. The van der Waals surface area contributed by atoms with Crippen LogP contribution in [0.3, 0.4) is 0 Å². The van der Waals surface area contributed by atoms with Crippen LogP contribution in [0.25, 0.3) is 0 Å². The van der Waals surface area contributed by atoms with E-state index in [0.29, 0.717) is 0 Å². The fourth-order valence-electron chi connectivity index (χ4n) is 1.68. The molecule has 0 bridgehead atoms. The summed E-state index contributed by atoms with van der Waals surface area (Å²) in [6.45, 7) is 9.58. The zero-order valence-electron chi connectivity index (χ0n) is 10.7. The summed E-state index contributed by atoms with van der Waals surface area (Å²) in [4.78, 5) is 11.0. The number of nitrogens with one attached hydrogen (secondary N) is 1. The van der Waals surface area contributed by atoms with Crippen LogP contribution in [0.2, 0.25) is 0 Å². The van der Waals surface area contributed by atoms with Gasteiger partial charge in [0.1, 0.15) is 6.04 Å². The lowest BCUT2D eigenvalue weighted by molar-refractivity contribution is -0.140. The number of allylic oxidation sites excluding steroid dienone is 1. The van der Waals surface area contributed by atoms with E-state index in [1.165, 1.54) is 0 Å². The average molecular weight is 227 g/mol. The van der Waals surface area contributed by atoms with Gasteiger partial charge in [-0.25, -0.2) is 0 Å². The Kier molecular flexibility index (Phi) is 7.90. The second kappa shape index (κ2) is 8.34. The molecule has 0 aliphatic carbocycles. The highest BCUT2D eigenvalue weighted by Crippen LogP contribution is 2.08. The summed E-state index contributed by atoms with van der Waals surface area (Å²) in [6, 6.07) is -0.178. The number of carbonyl (C=O) groups is 1. The van der Waals surface area contributed by atoms with E-state index >= 15 is 0 Å². The van der Waals surface area contributed by atoms with Crippen LogP contribution in [0.15, 0.2) is 12.7 Å². The maximum atomic E-state index is 11.0. The molecule has 0 heterocycles. The van der Waals surface area contributed by atoms with Crippen LogP contribution < -0.4 is 5.32 Å². The van der Waals surface area contributed by atoms with E-state index in [4.69, 9.17) is 5.11 Å². The first-order chi connectivity index (χ1) is 7.49. The Labute approximate surface area is 98.9 Å². The third-order valence-electron chi connectivity index (χ3n) is 2.69. The molecule has 3 heteroatoms. The predicted octanol–water partition coefficient (Wildman–Crippen LogP) is 2.82. The lowest BCUT2D eigenvalue weighted by atomic mass is 10.0. The number of hydrogen-bond acceptors (Lipinski definition) is 2. The minimum atomic E-state index is -0.757. The van der Waals surface area contributed by atoms with Crippen molar-refractivity contribution >= 4 is 5.97 Å². The van der Waals surface area contributed by atoms with Crippen molar-refractivity contribution in [2.45, 2.75) is 58.5 Å². The third kappa shape index (κ3) is 6.62. The van der Waals surface area contributed by atoms with E-state index in [0.717, 1.165) is 25.7 Å². The van der Waals surface area contributed by atoms with Crippen molar-refractivity contribution in [1.29, 1.82) is 0 Å². The van der Waals surface area contributed by atoms with Crippen molar-refractivity contribution in [2.24, 2.45) is 5.92 Å². The van der Waals surface area contributed by atoms with Gasteiger partial charge in [-0.1, -0.05) is 26.3 Å². The van der Waals surface area contributed by atoms with Gasteiger partial charge < -0.3 is 10.4 Å². The Bertz CT molecular complexity index is 214. The van der Waals surface area contributed by atoms with Crippen molar-refractivity contribution in [3.63, 3.8) is 0 Å². The Morgan fingerprint density at radius 3 is 2.44 bits per heavy atom. The average Bonchev–Trinajstić information content (AvgIpc) is 2.20. The summed E-state index contributed by atoms with van der Waals surface area (Å²) in [7, 11) is 0. The molecule has 0 radical (unpaired) electrons. The summed E-state index contributed by atoms with van der Waals surface area (Å²) in [5.74, 6) is -0.638. The molecule has 16 heavy (non-hydrogen) atoms. The van der Waals surface area contributed by atoms with Gasteiger partial charge in [0.05, 0.1) is 0 Å². The van der Waals surface area contributed by atoms with Crippen molar-refractivity contribution < 1.29 is 9.90 Å². The Balaban J connectivity index is 3.86. The minimum absolute atomic E-state index is 0.119. The Hall–Kier alpha value is -0.830. The van der Waals surface area contributed by atoms with Crippen LogP contribution in [-0.2, 0) is 4.79 Å². The second-order valence-corrected chi connectivity index (χ2v) is 4.70. The summed E-state index contributed by atoms with van der Waals surface area (Å²) < 4.78 is 0. The summed E-state index contributed by atoms with van der Waals surface area (Å²) >= 11 is 0. The molecule has 0 spiro atoms. The first kappa shape index (κ1) is 15.2. The van der Waals surface area contributed by atoms with Gasteiger partial charge in [-0.05, 0) is 32.1 Å². The Morgan fingerprint density at radius 2 is 2.00 bits per heavy atom. The van der Waals surface area contributed by atoms with Crippen molar-refractivity contribution in [1.82, 2.24) is 5.32 Å². The number of carboxylic acid groups (broad SMARTS) is 1. The molecule has 0 aliphatic heterocycles. The molecule has 0 rings (SSSR count). The molecule has 0 amide bonds. The lowest BCUT2D eigenvalue weighted by Crippen LogP contribution is -2.45. The molecule has 0 aromatic rings. The first-order valence-electron chi connectivity index (χ1n) is 6.08. The van der Waals surface area contributed by atoms with Crippen molar-refractivity contribution in [3.8, 4) is 0 Å². The highest BCUT2D eigenvalue weighted by Gasteiger charge is 2.22. The SMILES string of the molecule is C=CCCCCC(C)N[C@H](C(=O)O)C(C)C. The molecule has 1 unspecified atom stereocenters. The molecule has 0 saturated carbocycles. The fourth-order valence-corrected chi connectivity index (χ4v) is 1.68. The smallest absolute Gasteiger partial charge is 0.320 e. The molecule has 0 aromatic heterocycles. The maximum absolute atomic E-state index is 11.0. The molecule has 2 atom stereocenters. The number of carboxylic acids is 1. The molecule has 0 aromatic carbocycles. The van der Waals surface area contributed by atoms with Crippen LogP contribution in [0, 0.1) is 5.92 Å². The van der Waals surface area contributed by atoms with Crippen LogP contribution >= 0.6 is 0 Å². The third-order valence-corrected chi connectivity index (χ3v) is 2.69. The van der Waals surface area contributed by atoms with E-state index in [2.05, 4.69) is 11.9 Å². The van der Waals surface area contributed by atoms with Gasteiger partial charge in [-0.3, -0.25) is 4.79 Å². The van der Waals surface area contributed by atoms with Gasteiger partial charge >= 0.3 is 5.97 Å². The van der Waals surface area contributed by atoms with E-state index in [1.54, 1.807) is 0 Å². The van der Waals surface area contributed by atoms with Gasteiger partial charge in [-0.2, -0.15) is 0 Å². The fraction of sp³-hybridized carbons (Fsp3) is 0.769. The van der Waals surface area contributed by atoms with Crippen molar-refractivity contribution in [3.05, 3.63) is 12.7 Å². The van der Waals surface area contributed by atoms with Gasteiger partial charge in [0.25, 0.3) is 0 Å². The van der Waals surface area contributed by atoms with Gasteiger partial charge in [0, 0.05) is 6.04 Å². The molecule has 0 aliphatic rings. The van der Waals surface area contributed by atoms with Crippen LogP contribution in [0.1, 0.15) is 46.5 Å². The van der Waals surface area contributed by atoms with Crippen molar-refractivity contribution in [2.75, 3.05) is 0 Å². The summed E-state index contributed by atoms with van der Waals surface area (Å²) in [5.41, 5.74) is 0. The van der Waals surface area contributed by atoms with E-state index in [-0.39, 0.29) is 12.0 Å². The lowest BCUT2D eigenvalue weighted by Gasteiger charge is -2.22. The predicted molar refractivity (Wildman–Crippen MR) is 67.5 cm³/mol. The zero-order chi connectivity index (χ0) is 12.6. The van der Waals surface area contributed by atoms with Crippen LogP contribution in [0.4, 0.5) is 0 Å². The van der Waals surface area contributed by atoms with Gasteiger partial charge in [0.2, 0.25) is 0 Å². The van der Waals surface area contributed by atoms with E-state index in [1.807, 2.05) is 26.8 Å². The van der Waals surface area contributed by atoms with Crippen LogP contribution in [-0.4, -0.2) is 23.2 Å².